The summed E-state index contributed by atoms with van der Waals surface area (Å²) in [5.74, 6) is -0.346. The van der Waals surface area contributed by atoms with Gasteiger partial charge in [-0.3, -0.25) is 14.4 Å². The van der Waals surface area contributed by atoms with Crippen LogP contribution in [-0.4, -0.2) is 55.5 Å². The SMILES string of the molecule is CCC(=O)Nc1ccc(NCC(=O)Nc2cccc(C(=O)N3CCOCC3)c2)cc1. The van der Waals surface area contributed by atoms with Gasteiger partial charge >= 0.3 is 0 Å². The molecule has 0 aromatic heterocycles. The number of hydrogen-bond acceptors (Lipinski definition) is 5. The van der Waals surface area contributed by atoms with E-state index in [-0.39, 0.29) is 24.3 Å². The standard InChI is InChI=1S/C22H26N4O4/c1-2-20(27)24-18-8-6-17(7-9-18)23-15-21(28)25-19-5-3-4-16(14-19)22(29)26-10-12-30-13-11-26/h3-9,14,23H,2,10-13,15H2,1H3,(H,24,27)(H,25,28). The number of carbonyl (C=O) groups excluding carboxylic acids is 3. The van der Waals surface area contributed by atoms with Gasteiger partial charge in [-0.2, -0.15) is 0 Å². The Balaban J connectivity index is 1.51. The average Bonchev–Trinajstić information content (AvgIpc) is 2.79. The summed E-state index contributed by atoms with van der Waals surface area (Å²) in [6.45, 7) is 4.08. The van der Waals surface area contributed by atoms with E-state index in [1.807, 2.05) is 0 Å². The first-order chi connectivity index (χ1) is 14.5. The van der Waals surface area contributed by atoms with Crippen molar-refractivity contribution in [2.24, 2.45) is 0 Å². The molecular formula is C22H26N4O4. The smallest absolute Gasteiger partial charge is 0.254 e. The van der Waals surface area contributed by atoms with Crippen LogP contribution < -0.4 is 16.0 Å². The Labute approximate surface area is 175 Å². The van der Waals surface area contributed by atoms with Gasteiger partial charge in [-0.15, -0.1) is 0 Å². The molecule has 2 aromatic rings. The average molecular weight is 410 g/mol. The van der Waals surface area contributed by atoms with E-state index in [0.717, 1.165) is 5.69 Å². The molecule has 3 N–H and O–H groups in total. The molecule has 1 saturated heterocycles. The number of amides is 3. The summed E-state index contributed by atoms with van der Waals surface area (Å²) < 4.78 is 5.28. The van der Waals surface area contributed by atoms with Gasteiger partial charge in [0.1, 0.15) is 0 Å². The number of carbonyl (C=O) groups is 3. The van der Waals surface area contributed by atoms with E-state index in [4.69, 9.17) is 4.74 Å². The molecule has 1 aliphatic rings. The second-order valence-electron chi connectivity index (χ2n) is 6.87. The third-order valence-electron chi connectivity index (χ3n) is 4.63. The summed E-state index contributed by atoms with van der Waals surface area (Å²) in [7, 11) is 0. The van der Waals surface area contributed by atoms with Gasteiger partial charge in [0, 0.05) is 42.1 Å². The van der Waals surface area contributed by atoms with Crippen molar-refractivity contribution in [2.45, 2.75) is 13.3 Å². The Hall–Kier alpha value is -3.39. The highest BCUT2D eigenvalue weighted by molar-refractivity contribution is 5.98. The minimum absolute atomic E-state index is 0.0515. The van der Waals surface area contributed by atoms with Crippen LogP contribution in [-0.2, 0) is 14.3 Å². The number of hydrogen-bond donors (Lipinski definition) is 3. The van der Waals surface area contributed by atoms with E-state index in [0.29, 0.717) is 49.7 Å². The van der Waals surface area contributed by atoms with E-state index in [2.05, 4.69) is 16.0 Å². The van der Waals surface area contributed by atoms with E-state index in [1.165, 1.54) is 0 Å². The van der Waals surface area contributed by atoms with Crippen molar-refractivity contribution in [1.29, 1.82) is 0 Å². The second kappa shape index (κ2) is 10.4. The van der Waals surface area contributed by atoms with Crippen LogP contribution in [0.3, 0.4) is 0 Å². The van der Waals surface area contributed by atoms with Crippen molar-refractivity contribution >= 4 is 34.8 Å². The molecule has 8 nitrogen and oxygen atoms in total. The lowest BCUT2D eigenvalue weighted by Crippen LogP contribution is -2.40. The lowest BCUT2D eigenvalue weighted by molar-refractivity contribution is -0.116. The summed E-state index contributed by atoms with van der Waals surface area (Å²) in [4.78, 5) is 38.0. The fraction of sp³-hybridized carbons (Fsp3) is 0.318. The van der Waals surface area contributed by atoms with Crippen molar-refractivity contribution in [3.8, 4) is 0 Å². The summed E-state index contributed by atoms with van der Waals surface area (Å²) >= 11 is 0. The molecule has 0 radical (unpaired) electrons. The molecule has 0 unspecified atom stereocenters. The number of benzene rings is 2. The van der Waals surface area contributed by atoms with Gasteiger partial charge in [-0.05, 0) is 42.5 Å². The van der Waals surface area contributed by atoms with Crippen LogP contribution in [0.4, 0.5) is 17.1 Å². The number of nitrogens with one attached hydrogen (secondary N) is 3. The van der Waals surface area contributed by atoms with Gasteiger partial charge in [0.15, 0.2) is 0 Å². The molecule has 1 fully saturated rings. The molecule has 8 heteroatoms. The van der Waals surface area contributed by atoms with Crippen LogP contribution in [0, 0.1) is 0 Å². The minimum Gasteiger partial charge on any atom is -0.378 e. The molecule has 0 atom stereocenters. The zero-order chi connectivity index (χ0) is 21.3. The van der Waals surface area contributed by atoms with E-state index < -0.39 is 0 Å². The van der Waals surface area contributed by atoms with Crippen molar-refractivity contribution in [3.63, 3.8) is 0 Å². The van der Waals surface area contributed by atoms with Crippen molar-refractivity contribution in [2.75, 3.05) is 48.8 Å². The van der Waals surface area contributed by atoms with E-state index in [9.17, 15) is 14.4 Å². The first-order valence-electron chi connectivity index (χ1n) is 9.96. The maximum Gasteiger partial charge on any atom is 0.254 e. The Bertz CT molecular complexity index is 892. The van der Waals surface area contributed by atoms with Crippen molar-refractivity contribution < 1.29 is 19.1 Å². The maximum absolute atomic E-state index is 12.6. The Morgan fingerprint density at radius 1 is 0.900 bits per heavy atom. The normalized spacial score (nSPS) is 13.4. The highest BCUT2D eigenvalue weighted by atomic mass is 16.5. The van der Waals surface area contributed by atoms with Gasteiger partial charge in [-0.25, -0.2) is 0 Å². The number of anilines is 3. The Kier molecular flexibility index (Phi) is 7.40. The van der Waals surface area contributed by atoms with Crippen LogP contribution in [0.5, 0.6) is 0 Å². The molecule has 0 saturated carbocycles. The lowest BCUT2D eigenvalue weighted by Gasteiger charge is -2.27. The number of morpholine rings is 1. The summed E-state index contributed by atoms with van der Waals surface area (Å²) in [6, 6.07) is 14.0. The van der Waals surface area contributed by atoms with Gasteiger partial charge in [-0.1, -0.05) is 13.0 Å². The molecule has 3 amide bonds. The van der Waals surface area contributed by atoms with Crippen molar-refractivity contribution in [1.82, 2.24) is 4.90 Å². The molecule has 158 valence electrons. The molecule has 0 aliphatic carbocycles. The van der Waals surface area contributed by atoms with Crippen LogP contribution >= 0.6 is 0 Å². The van der Waals surface area contributed by atoms with Crippen LogP contribution in [0.25, 0.3) is 0 Å². The summed E-state index contributed by atoms with van der Waals surface area (Å²) in [5, 5.41) is 8.61. The molecule has 0 bridgehead atoms. The van der Waals surface area contributed by atoms with Gasteiger partial charge in [0.2, 0.25) is 11.8 Å². The third-order valence-corrected chi connectivity index (χ3v) is 4.63. The largest absolute Gasteiger partial charge is 0.378 e. The van der Waals surface area contributed by atoms with Crippen LogP contribution in [0.15, 0.2) is 48.5 Å². The predicted molar refractivity (Wildman–Crippen MR) is 116 cm³/mol. The monoisotopic (exact) mass is 410 g/mol. The summed E-state index contributed by atoms with van der Waals surface area (Å²) in [6.07, 6.45) is 0.416. The maximum atomic E-state index is 12.6. The quantitative estimate of drug-likeness (QED) is 0.651. The molecule has 1 aliphatic heterocycles. The number of ether oxygens (including phenoxy) is 1. The first-order valence-corrected chi connectivity index (χ1v) is 9.96. The zero-order valence-corrected chi connectivity index (χ0v) is 16.9. The molecule has 2 aromatic carbocycles. The number of nitrogens with zero attached hydrogens (tertiary/aromatic N) is 1. The molecule has 30 heavy (non-hydrogen) atoms. The minimum atomic E-state index is -0.227. The highest BCUT2D eigenvalue weighted by Gasteiger charge is 2.18. The zero-order valence-electron chi connectivity index (χ0n) is 16.9. The lowest BCUT2D eigenvalue weighted by atomic mass is 10.1. The molecule has 3 rings (SSSR count). The second-order valence-corrected chi connectivity index (χ2v) is 6.87. The highest BCUT2D eigenvalue weighted by Crippen LogP contribution is 2.15. The first kappa shape index (κ1) is 21.3. The van der Waals surface area contributed by atoms with Crippen LogP contribution in [0.1, 0.15) is 23.7 Å². The van der Waals surface area contributed by atoms with Crippen molar-refractivity contribution in [3.05, 3.63) is 54.1 Å². The van der Waals surface area contributed by atoms with Gasteiger partial charge in [0.25, 0.3) is 5.91 Å². The molecular weight excluding hydrogens is 384 g/mol. The Morgan fingerprint density at radius 3 is 2.27 bits per heavy atom. The third kappa shape index (κ3) is 6.05. The topological polar surface area (TPSA) is 99.8 Å². The fourth-order valence-corrected chi connectivity index (χ4v) is 2.99. The van der Waals surface area contributed by atoms with Gasteiger partial charge < -0.3 is 25.6 Å². The Morgan fingerprint density at radius 2 is 1.57 bits per heavy atom. The molecule has 0 spiro atoms. The predicted octanol–water partition coefficient (Wildman–Crippen LogP) is 2.56. The van der Waals surface area contributed by atoms with E-state index >= 15 is 0 Å². The summed E-state index contributed by atoms with van der Waals surface area (Å²) in [5.41, 5.74) is 2.57. The molecule has 1 heterocycles. The number of rotatable bonds is 7. The fourth-order valence-electron chi connectivity index (χ4n) is 2.99. The van der Waals surface area contributed by atoms with Gasteiger partial charge in [0.05, 0.1) is 19.8 Å². The van der Waals surface area contributed by atoms with E-state index in [1.54, 1.807) is 60.4 Å². The van der Waals surface area contributed by atoms with Crippen LogP contribution in [0.2, 0.25) is 0 Å².